The molecule has 0 aliphatic rings. The van der Waals surface area contributed by atoms with Crippen molar-refractivity contribution in [3.63, 3.8) is 0 Å². The van der Waals surface area contributed by atoms with E-state index in [1.807, 2.05) is 0 Å². The number of amides is 1. The van der Waals surface area contributed by atoms with Crippen LogP contribution >= 0.6 is 0 Å². The van der Waals surface area contributed by atoms with Crippen LogP contribution in [0.3, 0.4) is 0 Å². The van der Waals surface area contributed by atoms with Gasteiger partial charge < -0.3 is 14.2 Å². The van der Waals surface area contributed by atoms with Gasteiger partial charge in [0.2, 0.25) is 0 Å². The molecule has 0 atom stereocenters. The van der Waals surface area contributed by atoms with Crippen molar-refractivity contribution in [2.24, 2.45) is 5.10 Å². The summed E-state index contributed by atoms with van der Waals surface area (Å²) in [6.45, 7) is 5.35. The van der Waals surface area contributed by atoms with E-state index in [-0.39, 0.29) is 0 Å². The predicted molar refractivity (Wildman–Crippen MR) is 76.5 cm³/mol. The van der Waals surface area contributed by atoms with E-state index in [0.29, 0.717) is 11.5 Å². The van der Waals surface area contributed by atoms with Gasteiger partial charge in [-0.2, -0.15) is 5.10 Å². The van der Waals surface area contributed by atoms with Crippen LogP contribution in [0.15, 0.2) is 23.3 Å². The van der Waals surface area contributed by atoms with Gasteiger partial charge in [-0.05, 0) is 44.5 Å². The number of hydrazone groups is 1. The lowest BCUT2D eigenvalue weighted by molar-refractivity contribution is 0.0529. The molecule has 110 valence electrons. The molecule has 0 radical (unpaired) electrons. The molecule has 1 rings (SSSR count). The van der Waals surface area contributed by atoms with Gasteiger partial charge in [-0.3, -0.25) is 0 Å². The molecule has 0 aliphatic heterocycles. The Kier molecular flexibility index (Phi) is 5.37. The molecule has 6 nitrogen and oxygen atoms in total. The van der Waals surface area contributed by atoms with E-state index in [9.17, 15) is 4.79 Å². The summed E-state index contributed by atoms with van der Waals surface area (Å²) in [5, 5.41) is 3.81. The Morgan fingerprint density at radius 2 is 1.85 bits per heavy atom. The van der Waals surface area contributed by atoms with Crippen LogP contribution < -0.4 is 14.9 Å². The van der Waals surface area contributed by atoms with Gasteiger partial charge in [0.1, 0.15) is 5.60 Å². The SMILES string of the molecule is COc1ccc(/C=N\NC(=O)OC(C)(C)C)cc1OC. The van der Waals surface area contributed by atoms with Gasteiger partial charge >= 0.3 is 6.09 Å². The van der Waals surface area contributed by atoms with Crippen LogP contribution in [0.1, 0.15) is 26.3 Å². The molecule has 1 aromatic rings. The summed E-state index contributed by atoms with van der Waals surface area (Å²) < 4.78 is 15.3. The molecule has 0 aromatic heterocycles. The maximum absolute atomic E-state index is 11.4. The number of rotatable bonds is 4. The normalized spacial score (nSPS) is 11.2. The lowest BCUT2D eigenvalue weighted by Gasteiger charge is -2.18. The fourth-order valence-electron chi connectivity index (χ4n) is 1.39. The molecule has 0 unspecified atom stereocenters. The minimum Gasteiger partial charge on any atom is -0.493 e. The molecule has 1 aromatic carbocycles. The second-order valence-electron chi connectivity index (χ2n) is 4.99. The van der Waals surface area contributed by atoms with E-state index < -0.39 is 11.7 Å². The van der Waals surface area contributed by atoms with E-state index in [1.54, 1.807) is 53.2 Å². The van der Waals surface area contributed by atoms with E-state index >= 15 is 0 Å². The van der Waals surface area contributed by atoms with Crippen LogP contribution in [0.4, 0.5) is 4.79 Å². The van der Waals surface area contributed by atoms with Crippen LogP contribution in [-0.4, -0.2) is 32.1 Å². The maximum Gasteiger partial charge on any atom is 0.428 e. The first kappa shape index (κ1) is 15.8. The fraction of sp³-hybridized carbons (Fsp3) is 0.429. The monoisotopic (exact) mass is 280 g/mol. The van der Waals surface area contributed by atoms with E-state index in [0.717, 1.165) is 5.56 Å². The summed E-state index contributed by atoms with van der Waals surface area (Å²) in [4.78, 5) is 11.4. The van der Waals surface area contributed by atoms with Crippen LogP contribution in [0, 0.1) is 0 Å². The van der Waals surface area contributed by atoms with Gasteiger partial charge in [0, 0.05) is 0 Å². The summed E-state index contributed by atoms with van der Waals surface area (Å²) in [6, 6.07) is 5.30. The molecule has 0 fully saturated rings. The summed E-state index contributed by atoms with van der Waals surface area (Å²) in [5.41, 5.74) is 2.50. The smallest absolute Gasteiger partial charge is 0.428 e. The van der Waals surface area contributed by atoms with Gasteiger partial charge in [-0.15, -0.1) is 0 Å². The first-order chi connectivity index (χ1) is 9.35. The third-order valence-corrected chi connectivity index (χ3v) is 2.18. The molecule has 0 spiro atoms. The topological polar surface area (TPSA) is 69.2 Å². The summed E-state index contributed by atoms with van der Waals surface area (Å²) >= 11 is 0. The molecule has 0 heterocycles. The molecule has 0 saturated heterocycles. The molecular weight excluding hydrogens is 260 g/mol. The maximum atomic E-state index is 11.4. The van der Waals surface area contributed by atoms with E-state index in [4.69, 9.17) is 14.2 Å². The van der Waals surface area contributed by atoms with Gasteiger partial charge in [0.15, 0.2) is 11.5 Å². The number of methoxy groups -OCH3 is 2. The highest BCUT2D eigenvalue weighted by molar-refractivity contribution is 5.82. The van der Waals surface area contributed by atoms with Crippen molar-refractivity contribution >= 4 is 12.3 Å². The number of hydrogen-bond donors (Lipinski definition) is 1. The standard InChI is InChI=1S/C14H20N2O4/c1-14(2,3)20-13(17)16-15-9-10-6-7-11(18-4)12(8-10)19-5/h6-9H,1-5H3,(H,16,17)/b15-9-. The Balaban J connectivity index is 2.65. The molecular formula is C14H20N2O4. The van der Waals surface area contributed by atoms with Gasteiger partial charge in [0.05, 0.1) is 20.4 Å². The van der Waals surface area contributed by atoms with E-state index in [2.05, 4.69) is 10.5 Å². The van der Waals surface area contributed by atoms with Gasteiger partial charge in [-0.25, -0.2) is 10.2 Å². The Morgan fingerprint density at radius 3 is 2.40 bits per heavy atom. The number of carbonyl (C=O) groups is 1. The summed E-state index contributed by atoms with van der Waals surface area (Å²) in [5.74, 6) is 1.22. The lowest BCUT2D eigenvalue weighted by Crippen LogP contribution is -2.29. The Labute approximate surface area is 118 Å². The van der Waals surface area contributed by atoms with Crippen molar-refractivity contribution in [2.45, 2.75) is 26.4 Å². The number of hydrogen-bond acceptors (Lipinski definition) is 5. The van der Waals surface area contributed by atoms with Crippen molar-refractivity contribution in [2.75, 3.05) is 14.2 Å². The Bertz CT molecular complexity index is 492. The predicted octanol–water partition coefficient (Wildman–Crippen LogP) is 2.56. The lowest BCUT2D eigenvalue weighted by atomic mass is 10.2. The second-order valence-corrected chi connectivity index (χ2v) is 4.99. The number of ether oxygens (including phenoxy) is 3. The number of benzene rings is 1. The molecule has 20 heavy (non-hydrogen) atoms. The largest absolute Gasteiger partial charge is 0.493 e. The molecule has 1 N–H and O–H groups in total. The van der Waals surface area contributed by atoms with Crippen molar-refractivity contribution in [1.29, 1.82) is 0 Å². The highest BCUT2D eigenvalue weighted by Crippen LogP contribution is 2.26. The van der Waals surface area contributed by atoms with Crippen LogP contribution in [0.2, 0.25) is 0 Å². The van der Waals surface area contributed by atoms with E-state index in [1.165, 1.54) is 6.21 Å². The van der Waals surface area contributed by atoms with Crippen molar-refractivity contribution in [1.82, 2.24) is 5.43 Å². The highest BCUT2D eigenvalue weighted by atomic mass is 16.6. The first-order valence-electron chi connectivity index (χ1n) is 6.10. The number of carbonyl (C=O) groups excluding carboxylic acids is 1. The zero-order chi connectivity index (χ0) is 15.2. The summed E-state index contributed by atoms with van der Waals surface area (Å²) in [6.07, 6.45) is 0.889. The zero-order valence-electron chi connectivity index (χ0n) is 12.4. The minimum atomic E-state index is -0.603. The molecule has 1 amide bonds. The number of nitrogens with zero attached hydrogens (tertiary/aromatic N) is 1. The quantitative estimate of drug-likeness (QED) is 0.679. The summed E-state index contributed by atoms with van der Waals surface area (Å²) in [7, 11) is 3.12. The average molecular weight is 280 g/mol. The molecule has 0 saturated carbocycles. The first-order valence-corrected chi connectivity index (χ1v) is 6.10. The number of nitrogens with one attached hydrogen (secondary N) is 1. The molecule has 6 heteroatoms. The Morgan fingerprint density at radius 1 is 1.20 bits per heavy atom. The molecule has 0 aliphatic carbocycles. The van der Waals surface area contributed by atoms with Crippen molar-refractivity contribution in [3.05, 3.63) is 23.8 Å². The third-order valence-electron chi connectivity index (χ3n) is 2.18. The van der Waals surface area contributed by atoms with Crippen molar-refractivity contribution < 1.29 is 19.0 Å². The van der Waals surface area contributed by atoms with Gasteiger partial charge in [0.25, 0.3) is 0 Å². The molecule has 0 bridgehead atoms. The van der Waals surface area contributed by atoms with Crippen LogP contribution in [-0.2, 0) is 4.74 Å². The van der Waals surface area contributed by atoms with Crippen LogP contribution in [0.5, 0.6) is 11.5 Å². The van der Waals surface area contributed by atoms with Gasteiger partial charge in [-0.1, -0.05) is 0 Å². The fourth-order valence-corrected chi connectivity index (χ4v) is 1.39. The minimum absolute atomic E-state index is 0.553. The van der Waals surface area contributed by atoms with Crippen LogP contribution in [0.25, 0.3) is 0 Å². The highest BCUT2D eigenvalue weighted by Gasteiger charge is 2.15. The Hall–Kier alpha value is -2.24. The average Bonchev–Trinajstić information content (AvgIpc) is 2.36. The van der Waals surface area contributed by atoms with Crippen molar-refractivity contribution in [3.8, 4) is 11.5 Å². The zero-order valence-corrected chi connectivity index (χ0v) is 12.4. The second kappa shape index (κ2) is 6.79. The third kappa shape index (κ3) is 5.17.